The molecule has 302 valence electrons. The molecule has 0 unspecified atom stereocenters. The minimum Gasteiger partial charge on any atom is -0.309 e. The van der Waals surface area contributed by atoms with Crippen molar-refractivity contribution in [2.45, 2.75) is 39.5 Å². The lowest BCUT2D eigenvalue weighted by Gasteiger charge is -2.31. The van der Waals surface area contributed by atoms with Gasteiger partial charge >= 0.3 is 0 Å². The van der Waals surface area contributed by atoms with Crippen molar-refractivity contribution in [3.05, 3.63) is 204 Å². The normalized spacial score (nSPS) is 13.2. The van der Waals surface area contributed by atoms with Gasteiger partial charge in [-0.25, -0.2) is 0 Å². The van der Waals surface area contributed by atoms with Crippen molar-refractivity contribution < 1.29 is 0 Å². The molecule has 0 saturated heterocycles. The number of aromatic nitrogens is 4. The average Bonchev–Trinajstić information content (AvgIpc) is 3.84. The number of aryl methyl sites for hydroxylation is 6. The van der Waals surface area contributed by atoms with E-state index in [1.165, 1.54) is 121 Å². The van der Waals surface area contributed by atoms with Gasteiger partial charge in [-0.1, -0.05) is 84.9 Å². The molecule has 4 heteroatoms. The fraction of sp³-hybridized carbons (Fsp3) is 0.100. The highest BCUT2D eigenvalue weighted by molar-refractivity contribution is 6.17. The van der Waals surface area contributed by atoms with E-state index in [1.54, 1.807) is 0 Å². The van der Waals surface area contributed by atoms with Crippen LogP contribution in [0.5, 0.6) is 0 Å². The Labute approximate surface area is 370 Å². The van der Waals surface area contributed by atoms with Gasteiger partial charge in [-0.3, -0.25) is 9.97 Å². The third-order valence-corrected chi connectivity index (χ3v) is 14.4. The van der Waals surface area contributed by atoms with E-state index in [9.17, 15) is 0 Å². The summed E-state index contributed by atoms with van der Waals surface area (Å²) in [5.74, 6) is 0. The van der Waals surface area contributed by atoms with Crippen LogP contribution in [-0.2, 0) is 25.7 Å². The zero-order chi connectivity index (χ0) is 42.2. The molecule has 2 aliphatic carbocycles. The molecule has 2 aliphatic rings. The van der Waals surface area contributed by atoms with Gasteiger partial charge in [0.05, 0.1) is 22.1 Å². The maximum absolute atomic E-state index is 4.64. The number of rotatable bonds is 4. The predicted octanol–water partition coefficient (Wildman–Crippen LogP) is 14.8. The molecule has 14 rings (SSSR count). The van der Waals surface area contributed by atoms with Crippen LogP contribution in [0.1, 0.15) is 33.6 Å². The first-order valence-electron chi connectivity index (χ1n) is 22.6. The van der Waals surface area contributed by atoms with Crippen LogP contribution < -0.4 is 0 Å². The number of fused-ring (bicyclic) bond motifs is 10. The molecule has 0 fully saturated rings. The lowest BCUT2D eigenvalue weighted by Crippen LogP contribution is -2.16. The average molecular weight is 819 g/mol. The van der Waals surface area contributed by atoms with Crippen molar-refractivity contribution in [1.29, 1.82) is 0 Å². The van der Waals surface area contributed by atoms with E-state index in [2.05, 4.69) is 191 Å². The zero-order valence-corrected chi connectivity index (χ0v) is 35.8. The second-order valence-corrected chi connectivity index (χ2v) is 18.1. The second kappa shape index (κ2) is 13.3. The quantitative estimate of drug-likeness (QED) is 0.177. The summed E-state index contributed by atoms with van der Waals surface area (Å²) in [6, 6.07) is 59.3. The highest BCUT2D eigenvalue weighted by Crippen LogP contribution is 2.51. The van der Waals surface area contributed by atoms with E-state index in [1.807, 2.05) is 12.4 Å². The Morgan fingerprint density at radius 3 is 1.25 bits per heavy atom. The van der Waals surface area contributed by atoms with Crippen LogP contribution in [0, 0.1) is 13.8 Å². The summed E-state index contributed by atoms with van der Waals surface area (Å²) >= 11 is 0. The number of benzene rings is 8. The summed E-state index contributed by atoms with van der Waals surface area (Å²) in [5.41, 5.74) is 23.3. The first kappa shape index (κ1) is 35.7. The number of nitrogens with zero attached hydrogens (tertiary/aromatic N) is 4. The molecule has 0 N–H and O–H groups in total. The minimum atomic E-state index is 0.986. The van der Waals surface area contributed by atoms with Crippen LogP contribution in [0.3, 0.4) is 0 Å². The molecule has 4 aromatic heterocycles. The smallest absolute Gasteiger partial charge is 0.0579 e. The highest BCUT2D eigenvalue weighted by atomic mass is 15.0. The summed E-state index contributed by atoms with van der Waals surface area (Å²) in [6.45, 7) is 4.20. The Morgan fingerprint density at radius 2 is 0.797 bits per heavy atom. The minimum absolute atomic E-state index is 0.986. The summed E-state index contributed by atoms with van der Waals surface area (Å²) in [6.07, 6.45) is 7.89. The predicted molar refractivity (Wildman–Crippen MR) is 266 cm³/mol. The Kier molecular flexibility index (Phi) is 7.45. The lowest BCUT2D eigenvalue weighted by atomic mass is 9.74. The summed E-state index contributed by atoms with van der Waals surface area (Å²) in [5, 5.41) is 10.4. The van der Waals surface area contributed by atoms with Crippen LogP contribution in [0.4, 0.5) is 0 Å². The second-order valence-electron chi connectivity index (χ2n) is 18.1. The molecule has 12 aromatic rings. The molecule has 0 spiro atoms. The highest BCUT2D eigenvalue weighted by Gasteiger charge is 2.33. The van der Waals surface area contributed by atoms with Gasteiger partial charge in [0.1, 0.15) is 0 Å². The van der Waals surface area contributed by atoms with Gasteiger partial charge < -0.3 is 9.13 Å². The topological polar surface area (TPSA) is 35.6 Å². The van der Waals surface area contributed by atoms with Crippen LogP contribution >= 0.6 is 0 Å². The lowest BCUT2D eigenvalue weighted by molar-refractivity contribution is 0.883. The van der Waals surface area contributed by atoms with E-state index in [0.29, 0.717) is 0 Å². The van der Waals surface area contributed by atoms with Gasteiger partial charge in [-0.15, -0.1) is 0 Å². The molecule has 0 saturated carbocycles. The van der Waals surface area contributed by atoms with Crippen LogP contribution in [0.2, 0.25) is 0 Å². The van der Waals surface area contributed by atoms with Crippen molar-refractivity contribution in [2.24, 2.45) is 0 Å². The van der Waals surface area contributed by atoms with E-state index < -0.39 is 0 Å². The monoisotopic (exact) mass is 818 g/mol. The first-order chi connectivity index (χ1) is 31.5. The van der Waals surface area contributed by atoms with Crippen LogP contribution in [0.15, 0.2) is 170 Å². The van der Waals surface area contributed by atoms with E-state index in [4.69, 9.17) is 0 Å². The summed E-state index contributed by atoms with van der Waals surface area (Å²) in [4.78, 5) is 9.28. The van der Waals surface area contributed by atoms with Gasteiger partial charge in [0, 0.05) is 56.7 Å². The summed E-state index contributed by atoms with van der Waals surface area (Å²) in [7, 11) is 0. The maximum atomic E-state index is 4.64. The van der Waals surface area contributed by atoms with Crippen LogP contribution in [-0.4, -0.2) is 19.1 Å². The Bertz CT molecular complexity index is 3730. The number of pyridine rings is 2. The molecule has 0 amide bonds. The van der Waals surface area contributed by atoms with Gasteiger partial charge in [0.2, 0.25) is 0 Å². The Balaban J connectivity index is 1.04. The van der Waals surface area contributed by atoms with Crippen molar-refractivity contribution in [3.8, 4) is 44.8 Å². The molecular weight excluding hydrogens is 777 g/mol. The van der Waals surface area contributed by atoms with E-state index >= 15 is 0 Å². The Hall–Kier alpha value is -7.82. The maximum Gasteiger partial charge on any atom is 0.0579 e. The third-order valence-electron chi connectivity index (χ3n) is 14.4. The van der Waals surface area contributed by atoms with E-state index in [0.717, 1.165) is 48.4 Å². The first-order valence-corrected chi connectivity index (χ1v) is 22.6. The van der Waals surface area contributed by atoms with Gasteiger partial charge in [-0.05, 0) is 190 Å². The molecule has 8 aromatic carbocycles. The summed E-state index contributed by atoms with van der Waals surface area (Å²) < 4.78 is 5.09. The standard InChI is InChI=1S/C60H42N4/c1-35-27-47(23-25-61-35)63-55-21-17-43(41-13-11-37-7-3-5-9-39(37)29-41)31-51(55)53-33-45-16-20-50-58-46(15-19-49(57(45)58)59(53)63)34-54-52-32-44(42-14-12-38-8-4-6-10-40(38)30-42)18-22-56(52)64(60(50)54)48-24-26-62-36(2)28-48/h3-14,17-18,21-34H,15-16,19-20H2,1-2H3. The molecule has 4 nitrogen and oxygen atoms in total. The van der Waals surface area contributed by atoms with Crippen molar-refractivity contribution in [2.75, 3.05) is 0 Å². The molecule has 0 aliphatic heterocycles. The number of hydrogen-bond donors (Lipinski definition) is 0. The Morgan fingerprint density at radius 1 is 0.375 bits per heavy atom. The van der Waals surface area contributed by atoms with Gasteiger partial charge in [0.15, 0.2) is 0 Å². The van der Waals surface area contributed by atoms with Gasteiger partial charge in [0.25, 0.3) is 0 Å². The van der Waals surface area contributed by atoms with Crippen LogP contribution in [0.25, 0.3) is 110 Å². The number of hydrogen-bond acceptors (Lipinski definition) is 2. The zero-order valence-electron chi connectivity index (χ0n) is 35.8. The molecule has 0 atom stereocenters. The molecule has 4 heterocycles. The van der Waals surface area contributed by atoms with Crippen molar-refractivity contribution in [1.82, 2.24) is 19.1 Å². The molecule has 64 heavy (non-hydrogen) atoms. The van der Waals surface area contributed by atoms with Crippen molar-refractivity contribution >= 4 is 65.2 Å². The molecule has 0 radical (unpaired) electrons. The third kappa shape index (κ3) is 5.17. The fourth-order valence-electron chi connectivity index (χ4n) is 11.6. The van der Waals surface area contributed by atoms with Gasteiger partial charge in [-0.2, -0.15) is 0 Å². The molecule has 0 bridgehead atoms. The van der Waals surface area contributed by atoms with Crippen molar-refractivity contribution in [3.63, 3.8) is 0 Å². The van der Waals surface area contributed by atoms with E-state index in [-0.39, 0.29) is 0 Å². The largest absolute Gasteiger partial charge is 0.309 e. The fourth-order valence-corrected chi connectivity index (χ4v) is 11.6. The SMILES string of the molecule is Cc1cc(-n2c3ccc(-c4ccc5ccccc5c4)cc3c3cc4c5c(c32)CCc2cc3c6cc(-c7ccc8ccccc8c7)ccc6n(-c6ccnc(C)c6)c3c(c2-5)CC4)ccn1. The molecular formula is C60H42N4.